The number of ether oxygens (including phenoxy) is 2. The second-order valence-electron chi connectivity index (χ2n) is 6.12. The van der Waals surface area contributed by atoms with E-state index >= 15 is 0 Å². The summed E-state index contributed by atoms with van der Waals surface area (Å²) in [5, 5.41) is 3.04. The highest BCUT2D eigenvalue weighted by atomic mass is 16.5. The third-order valence-electron chi connectivity index (χ3n) is 4.58. The number of likely N-dealkylation sites (tertiary alicyclic amines) is 1. The number of nitrogens with zero attached hydrogens (tertiary/aromatic N) is 2. The fourth-order valence-corrected chi connectivity index (χ4v) is 3.25. The van der Waals surface area contributed by atoms with Crippen LogP contribution in [0.1, 0.15) is 36.5 Å². The van der Waals surface area contributed by atoms with E-state index in [1.165, 1.54) is 6.42 Å². The van der Waals surface area contributed by atoms with Crippen molar-refractivity contribution in [2.24, 2.45) is 0 Å². The molecule has 2 saturated heterocycles. The fraction of sp³-hybridized carbons (Fsp3) is 0.647. The molecule has 2 atom stereocenters. The Hall–Kier alpha value is -1.66. The summed E-state index contributed by atoms with van der Waals surface area (Å²) >= 11 is 0. The highest BCUT2D eigenvalue weighted by Crippen LogP contribution is 2.17. The van der Waals surface area contributed by atoms with E-state index in [-0.39, 0.29) is 12.0 Å². The number of amides is 1. The molecule has 1 aromatic heterocycles. The van der Waals surface area contributed by atoms with E-state index in [2.05, 4.69) is 22.1 Å². The molecule has 2 fully saturated rings. The van der Waals surface area contributed by atoms with Crippen LogP contribution in [0, 0.1) is 0 Å². The number of carbonyl (C=O) groups excluding carboxylic acids is 1. The number of hydrogen-bond donors (Lipinski definition) is 1. The molecule has 0 aromatic carbocycles. The molecule has 0 bridgehead atoms. The lowest BCUT2D eigenvalue weighted by Gasteiger charge is -2.22. The first-order valence-electron chi connectivity index (χ1n) is 8.49. The first-order chi connectivity index (χ1) is 11.3. The molecule has 6 heteroatoms. The molecule has 2 unspecified atom stereocenters. The molecular formula is C17H25N3O3. The fourth-order valence-electron chi connectivity index (χ4n) is 3.25. The molecule has 3 rings (SSSR count). The number of rotatable bonds is 6. The lowest BCUT2D eigenvalue weighted by Crippen LogP contribution is -2.40. The van der Waals surface area contributed by atoms with Gasteiger partial charge >= 0.3 is 0 Å². The average Bonchev–Trinajstić information content (AvgIpc) is 3.24. The Kier molecular flexibility index (Phi) is 5.46. The van der Waals surface area contributed by atoms with Gasteiger partial charge in [0.05, 0.1) is 13.2 Å². The van der Waals surface area contributed by atoms with Gasteiger partial charge in [0.1, 0.15) is 6.10 Å². The van der Waals surface area contributed by atoms with Crippen LogP contribution in [0.15, 0.2) is 18.3 Å². The van der Waals surface area contributed by atoms with Crippen molar-refractivity contribution in [3.63, 3.8) is 0 Å². The molecule has 6 nitrogen and oxygen atoms in total. The van der Waals surface area contributed by atoms with Gasteiger partial charge in [-0.1, -0.05) is 6.92 Å². The van der Waals surface area contributed by atoms with Gasteiger partial charge in [-0.15, -0.1) is 0 Å². The normalized spacial score (nSPS) is 24.7. The minimum atomic E-state index is -0.0668. The number of nitrogens with one attached hydrogen (secondary N) is 1. The van der Waals surface area contributed by atoms with Gasteiger partial charge in [-0.3, -0.25) is 9.69 Å². The van der Waals surface area contributed by atoms with Crippen molar-refractivity contribution in [1.82, 2.24) is 15.2 Å². The minimum absolute atomic E-state index is 0.0393. The van der Waals surface area contributed by atoms with E-state index in [9.17, 15) is 4.79 Å². The summed E-state index contributed by atoms with van der Waals surface area (Å²) in [5.74, 6) is 0.423. The highest BCUT2D eigenvalue weighted by Gasteiger charge is 2.23. The molecule has 1 amide bonds. The predicted octanol–water partition coefficient (Wildman–Crippen LogP) is 1.46. The molecule has 23 heavy (non-hydrogen) atoms. The lowest BCUT2D eigenvalue weighted by molar-refractivity contribution is 0.0940. The second-order valence-corrected chi connectivity index (χ2v) is 6.12. The number of hydrogen-bond acceptors (Lipinski definition) is 5. The minimum Gasteiger partial charge on any atom is -0.472 e. The molecule has 3 heterocycles. The summed E-state index contributed by atoms with van der Waals surface area (Å²) in [6.07, 6.45) is 4.89. The van der Waals surface area contributed by atoms with E-state index in [4.69, 9.17) is 9.47 Å². The molecule has 1 N–H and O–H groups in total. The van der Waals surface area contributed by atoms with Crippen molar-refractivity contribution in [1.29, 1.82) is 0 Å². The van der Waals surface area contributed by atoms with Gasteiger partial charge in [0.15, 0.2) is 0 Å². The van der Waals surface area contributed by atoms with Gasteiger partial charge in [0, 0.05) is 36.8 Å². The molecule has 0 saturated carbocycles. The van der Waals surface area contributed by atoms with Crippen molar-refractivity contribution in [3.8, 4) is 5.88 Å². The van der Waals surface area contributed by atoms with Crippen LogP contribution in [0.25, 0.3) is 0 Å². The van der Waals surface area contributed by atoms with Crippen LogP contribution < -0.4 is 10.1 Å². The number of likely N-dealkylation sites (N-methyl/N-ethyl adjacent to an activating group) is 1. The Morgan fingerprint density at radius 3 is 3.22 bits per heavy atom. The first kappa shape index (κ1) is 16.2. The maximum atomic E-state index is 12.3. The van der Waals surface area contributed by atoms with Crippen LogP contribution >= 0.6 is 0 Å². The maximum absolute atomic E-state index is 12.3. The first-order valence-corrected chi connectivity index (χ1v) is 8.49. The van der Waals surface area contributed by atoms with Crippen molar-refractivity contribution in [2.75, 3.05) is 32.8 Å². The molecule has 2 aliphatic heterocycles. The van der Waals surface area contributed by atoms with Crippen LogP contribution in [0.2, 0.25) is 0 Å². The van der Waals surface area contributed by atoms with Gasteiger partial charge in [-0.2, -0.15) is 0 Å². The molecule has 0 spiro atoms. The van der Waals surface area contributed by atoms with E-state index in [1.807, 2.05) is 0 Å². The van der Waals surface area contributed by atoms with Crippen molar-refractivity contribution in [2.45, 2.75) is 38.3 Å². The van der Waals surface area contributed by atoms with Crippen LogP contribution in [-0.4, -0.2) is 60.8 Å². The zero-order chi connectivity index (χ0) is 16.1. The standard InChI is InChI=1S/C17H25N3O3/c1-2-20-8-3-4-14(20)11-19-17(21)13-5-7-18-16(10-13)23-15-6-9-22-12-15/h5,7,10,14-15H,2-4,6,8-9,11-12H2,1H3,(H,19,21). The van der Waals surface area contributed by atoms with Gasteiger partial charge in [0.25, 0.3) is 5.91 Å². The third-order valence-corrected chi connectivity index (χ3v) is 4.58. The van der Waals surface area contributed by atoms with E-state index in [0.717, 1.165) is 32.5 Å². The predicted molar refractivity (Wildman–Crippen MR) is 86.7 cm³/mol. The van der Waals surface area contributed by atoms with Crippen molar-refractivity contribution < 1.29 is 14.3 Å². The quantitative estimate of drug-likeness (QED) is 0.860. The van der Waals surface area contributed by atoms with Gasteiger partial charge in [-0.25, -0.2) is 4.98 Å². The van der Waals surface area contributed by atoms with E-state index in [0.29, 0.717) is 30.6 Å². The summed E-state index contributed by atoms with van der Waals surface area (Å²) in [4.78, 5) is 18.9. The van der Waals surface area contributed by atoms with Gasteiger partial charge in [0.2, 0.25) is 5.88 Å². The summed E-state index contributed by atoms with van der Waals surface area (Å²) in [5.41, 5.74) is 0.593. The van der Waals surface area contributed by atoms with Crippen LogP contribution in [0.5, 0.6) is 5.88 Å². The number of pyridine rings is 1. The summed E-state index contributed by atoms with van der Waals surface area (Å²) in [6.45, 7) is 6.35. The summed E-state index contributed by atoms with van der Waals surface area (Å²) in [6, 6.07) is 3.89. The zero-order valence-electron chi connectivity index (χ0n) is 13.7. The Labute approximate surface area is 137 Å². The molecule has 2 aliphatic rings. The number of carbonyl (C=O) groups is 1. The summed E-state index contributed by atoms with van der Waals surface area (Å²) < 4.78 is 11.0. The topological polar surface area (TPSA) is 63.7 Å². The molecule has 0 aliphatic carbocycles. The Morgan fingerprint density at radius 1 is 1.52 bits per heavy atom. The Morgan fingerprint density at radius 2 is 2.43 bits per heavy atom. The number of aromatic nitrogens is 1. The van der Waals surface area contributed by atoms with Crippen molar-refractivity contribution in [3.05, 3.63) is 23.9 Å². The molecule has 1 aromatic rings. The van der Waals surface area contributed by atoms with Crippen LogP contribution in [-0.2, 0) is 4.74 Å². The zero-order valence-corrected chi connectivity index (χ0v) is 13.7. The monoisotopic (exact) mass is 319 g/mol. The van der Waals surface area contributed by atoms with E-state index in [1.54, 1.807) is 18.3 Å². The van der Waals surface area contributed by atoms with Crippen LogP contribution in [0.3, 0.4) is 0 Å². The third kappa shape index (κ3) is 4.20. The average molecular weight is 319 g/mol. The van der Waals surface area contributed by atoms with Crippen LogP contribution in [0.4, 0.5) is 0 Å². The summed E-state index contributed by atoms with van der Waals surface area (Å²) in [7, 11) is 0. The van der Waals surface area contributed by atoms with Gasteiger partial charge < -0.3 is 14.8 Å². The van der Waals surface area contributed by atoms with Crippen molar-refractivity contribution >= 4 is 5.91 Å². The Bertz CT molecular complexity index is 532. The van der Waals surface area contributed by atoms with Gasteiger partial charge in [-0.05, 0) is 32.0 Å². The molecule has 0 radical (unpaired) electrons. The molecule has 126 valence electrons. The maximum Gasteiger partial charge on any atom is 0.251 e. The smallest absolute Gasteiger partial charge is 0.251 e. The van der Waals surface area contributed by atoms with E-state index < -0.39 is 0 Å². The Balaban J connectivity index is 1.54. The largest absolute Gasteiger partial charge is 0.472 e. The second kappa shape index (κ2) is 7.75. The lowest BCUT2D eigenvalue weighted by atomic mass is 10.2. The molecular weight excluding hydrogens is 294 g/mol. The highest BCUT2D eigenvalue weighted by molar-refractivity contribution is 5.94. The SMILES string of the molecule is CCN1CCCC1CNC(=O)c1ccnc(OC2CCOC2)c1.